The van der Waals surface area contributed by atoms with E-state index < -0.39 is 0 Å². The van der Waals surface area contributed by atoms with E-state index in [2.05, 4.69) is 32.0 Å². The van der Waals surface area contributed by atoms with Crippen LogP contribution in [0.25, 0.3) is 0 Å². The molecule has 1 unspecified atom stereocenters. The molecule has 1 saturated carbocycles. The quantitative estimate of drug-likeness (QED) is 0.552. The Kier molecular flexibility index (Phi) is 7.52. The molecule has 7 heteroatoms. The highest BCUT2D eigenvalue weighted by Crippen LogP contribution is 2.35. The minimum atomic E-state index is 0.405. The molecule has 0 radical (unpaired) electrons. The van der Waals surface area contributed by atoms with Crippen LogP contribution in [-0.2, 0) is 0 Å². The summed E-state index contributed by atoms with van der Waals surface area (Å²) in [5, 5.41) is 3.35. The van der Waals surface area contributed by atoms with E-state index in [0.29, 0.717) is 18.4 Å². The molecule has 3 N–H and O–H groups in total. The fourth-order valence-electron chi connectivity index (χ4n) is 5.32. The van der Waals surface area contributed by atoms with E-state index in [9.17, 15) is 0 Å². The Morgan fingerprint density at radius 3 is 2.80 bits per heavy atom. The predicted octanol–water partition coefficient (Wildman–Crippen LogP) is 4.25. The topological polar surface area (TPSA) is 79.5 Å². The van der Waals surface area contributed by atoms with Gasteiger partial charge in [-0.1, -0.05) is 32.6 Å². The van der Waals surface area contributed by atoms with Crippen molar-refractivity contribution >= 4 is 17.3 Å². The fraction of sp³-hybridized carbons (Fsp3) is 0.826. The number of likely N-dealkylation sites (tertiary alicyclic amines) is 1. The van der Waals surface area contributed by atoms with Gasteiger partial charge in [0, 0.05) is 19.1 Å². The number of nitrogens with one attached hydrogen (secondary N) is 1. The highest BCUT2D eigenvalue weighted by atomic mass is 16.5. The molecule has 4 rings (SSSR count). The van der Waals surface area contributed by atoms with Gasteiger partial charge in [0.1, 0.15) is 5.69 Å². The number of anilines is 3. The molecule has 2 aliphatic heterocycles. The molecule has 1 aliphatic carbocycles. The first kappa shape index (κ1) is 21.5. The lowest BCUT2D eigenvalue weighted by Gasteiger charge is -2.37. The van der Waals surface area contributed by atoms with Crippen LogP contribution >= 0.6 is 0 Å². The molecule has 0 spiro atoms. The number of hydrogen-bond donors (Lipinski definition) is 2. The number of nitrogens with two attached hydrogens (primary N) is 1. The lowest BCUT2D eigenvalue weighted by atomic mass is 9.91. The molecule has 1 aromatic heterocycles. The summed E-state index contributed by atoms with van der Waals surface area (Å²) in [5.74, 6) is 2.28. The molecule has 3 aliphatic rings. The maximum Gasteiger partial charge on any atom is 0.320 e. The molecule has 0 amide bonds. The van der Waals surface area contributed by atoms with Gasteiger partial charge in [-0.2, -0.15) is 9.97 Å². The maximum atomic E-state index is 6.13. The third-order valence-electron chi connectivity index (χ3n) is 7.05. The number of ether oxygens (including phenoxy) is 1. The highest BCUT2D eigenvalue weighted by molar-refractivity contribution is 5.80. The van der Waals surface area contributed by atoms with E-state index in [1.165, 1.54) is 70.9 Å². The van der Waals surface area contributed by atoms with Crippen LogP contribution in [-0.4, -0.2) is 53.8 Å². The van der Waals surface area contributed by atoms with Crippen LogP contribution in [0.4, 0.5) is 17.3 Å². The van der Waals surface area contributed by atoms with Crippen molar-refractivity contribution in [1.29, 1.82) is 0 Å². The zero-order valence-electron chi connectivity index (χ0n) is 18.7. The van der Waals surface area contributed by atoms with E-state index >= 15 is 0 Å². The molecule has 7 nitrogen and oxygen atoms in total. The van der Waals surface area contributed by atoms with Crippen LogP contribution in [0, 0.1) is 5.92 Å². The minimum Gasteiger partial charge on any atom is -0.463 e. The lowest BCUT2D eigenvalue weighted by molar-refractivity contribution is 0.120. The Labute approximate surface area is 181 Å². The molecule has 1 aromatic rings. The van der Waals surface area contributed by atoms with Crippen LogP contribution in [0.1, 0.15) is 77.6 Å². The minimum absolute atomic E-state index is 0.405. The predicted molar refractivity (Wildman–Crippen MR) is 123 cm³/mol. The van der Waals surface area contributed by atoms with Gasteiger partial charge < -0.3 is 25.6 Å². The second kappa shape index (κ2) is 10.5. The summed E-state index contributed by atoms with van der Waals surface area (Å²) in [4.78, 5) is 14.0. The molecule has 1 atom stereocenters. The van der Waals surface area contributed by atoms with E-state index in [0.717, 1.165) is 49.5 Å². The molecule has 0 bridgehead atoms. The Morgan fingerprint density at radius 1 is 1.10 bits per heavy atom. The van der Waals surface area contributed by atoms with Crippen molar-refractivity contribution in [3.05, 3.63) is 0 Å². The monoisotopic (exact) mass is 416 g/mol. The normalized spacial score (nSPS) is 22.3. The summed E-state index contributed by atoms with van der Waals surface area (Å²) in [6.45, 7) is 7.21. The van der Waals surface area contributed by atoms with Crippen LogP contribution < -0.4 is 20.7 Å². The number of nitrogens with zero attached hydrogens (tertiary/aromatic N) is 4. The van der Waals surface area contributed by atoms with Crippen molar-refractivity contribution in [1.82, 2.24) is 14.9 Å². The standard InChI is InChI=1S/C23H40N6O/c1-2-3-15-30-23-26-21(24)20-22(27-23)29(17-25-20)13-7-6-9-18-10-8-14-28(16-18)19-11-4-5-12-19/h18-19,25H,2-17H2,1H3,(H2,24,26,27). The average molecular weight is 417 g/mol. The van der Waals surface area contributed by atoms with E-state index in [1.807, 2.05) is 0 Å². The molecular formula is C23H40N6O. The van der Waals surface area contributed by atoms with Gasteiger partial charge in [0.2, 0.25) is 0 Å². The van der Waals surface area contributed by atoms with Gasteiger partial charge in [-0.15, -0.1) is 0 Å². The maximum absolute atomic E-state index is 6.13. The first-order chi connectivity index (χ1) is 14.7. The van der Waals surface area contributed by atoms with Crippen LogP contribution in [0.5, 0.6) is 6.01 Å². The van der Waals surface area contributed by atoms with E-state index in [1.54, 1.807) is 0 Å². The largest absolute Gasteiger partial charge is 0.463 e. The van der Waals surface area contributed by atoms with Crippen molar-refractivity contribution in [2.45, 2.75) is 83.6 Å². The lowest BCUT2D eigenvalue weighted by Crippen LogP contribution is -2.41. The van der Waals surface area contributed by atoms with E-state index in [-0.39, 0.29) is 0 Å². The summed E-state index contributed by atoms with van der Waals surface area (Å²) in [7, 11) is 0. The number of piperidine rings is 1. The van der Waals surface area contributed by atoms with Crippen molar-refractivity contribution in [2.75, 3.05) is 48.9 Å². The summed E-state index contributed by atoms with van der Waals surface area (Å²) < 4.78 is 5.70. The van der Waals surface area contributed by atoms with Crippen LogP contribution in [0.2, 0.25) is 0 Å². The molecule has 0 aromatic carbocycles. The van der Waals surface area contributed by atoms with Crippen molar-refractivity contribution in [3.8, 4) is 6.01 Å². The van der Waals surface area contributed by atoms with Gasteiger partial charge >= 0.3 is 6.01 Å². The molecule has 2 fully saturated rings. The highest BCUT2D eigenvalue weighted by Gasteiger charge is 2.28. The van der Waals surface area contributed by atoms with Crippen molar-refractivity contribution in [3.63, 3.8) is 0 Å². The van der Waals surface area contributed by atoms with Gasteiger partial charge in [-0.05, 0) is 57.4 Å². The Bertz CT molecular complexity index is 678. The molecule has 3 heterocycles. The van der Waals surface area contributed by atoms with Gasteiger partial charge in [0.05, 0.1) is 13.3 Å². The third kappa shape index (κ3) is 5.29. The average Bonchev–Trinajstić information content (AvgIpc) is 3.43. The summed E-state index contributed by atoms with van der Waals surface area (Å²) in [5.41, 5.74) is 6.99. The Hall–Kier alpha value is -1.76. The second-order valence-electron chi connectivity index (χ2n) is 9.33. The summed E-state index contributed by atoms with van der Waals surface area (Å²) in [6.07, 6.45) is 14.5. The van der Waals surface area contributed by atoms with Gasteiger partial charge in [0.25, 0.3) is 0 Å². The van der Waals surface area contributed by atoms with Gasteiger partial charge in [0.15, 0.2) is 11.6 Å². The second-order valence-corrected chi connectivity index (χ2v) is 9.33. The number of hydrogen-bond acceptors (Lipinski definition) is 7. The number of unbranched alkanes of at least 4 members (excludes halogenated alkanes) is 2. The zero-order chi connectivity index (χ0) is 20.8. The Morgan fingerprint density at radius 2 is 1.97 bits per heavy atom. The molecule has 30 heavy (non-hydrogen) atoms. The Balaban J connectivity index is 1.22. The third-order valence-corrected chi connectivity index (χ3v) is 7.05. The number of aromatic nitrogens is 2. The van der Waals surface area contributed by atoms with Gasteiger partial charge in [-0.3, -0.25) is 0 Å². The molecular weight excluding hydrogens is 376 g/mol. The number of rotatable bonds is 10. The summed E-state index contributed by atoms with van der Waals surface area (Å²) >= 11 is 0. The molecule has 1 saturated heterocycles. The summed E-state index contributed by atoms with van der Waals surface area (Å²) in [6, 6.07) is 1.29. The SMILES string of the molecule is CCCCOc1nc(N)c2c(n1)N(CCCCC1CCCN(C3CCCC3)C1)CN2. The first-order valence-corrected chi connectivity index (χ1v) is 12.3. The van der Waals surface area contributed by atoms with Gasteiger partial charge in [-0.25, -0.2) is 0 Å². The molecule has 168 valence electrons. The number of nitrogen functional groups attached to an aromatic ring is 1. The number of fused-ring (bicyclic) bond motifs is 1. The fourth-order valence-corrected chi connectivity index (χ4v) is 5.32. The van der Waals surface area contributed by atoms with Crippen molar-refractivity contribution < 1.29 is 4.74 Å². The van der Waals surface area contributed by atoms with Crippen LogP contribution in [0.3, 0.4) is 0 Å². The van der Waals surface area contributed by atoms with E-state index in [4.69, 9.17) is 10.5 Å². The van der Waals surface area contributed by atoms with Crippen molar-refractivity contribution in [2.24, 2.45) is 5.92 Å². The van der Waals surface area contributed by atoms with Crippen LogP contribution in [0.15, 0.2) is 0 Å². The zero-order valence-corrected chi connectivity index (χ0v) is 18.7. The smallest absolute Gasteiger partial charge is 0.320 e. The first-order valence-electron chi connectivity index (χ1n) is 12.3.